The molecule has 0 aliphatic rings. The molecule has 2 aromatic carbocycles. The third-order valence-corrected chi connectivity index (χ3v) is 1.92. The summed E-state index contributed by atoms with van der Waals surface area (Å²) in [6.45, 7) is 2.46. The number of ether oxygens (including phenoxy) is 1. The van der Waals surface area contributed by atoms with Crippen LogP contribution in [0.25, 0.3) is 0 Å². The van der Waals surface area contributed by atoms with Gasteiger partial charge in [0.1, 0.15) is 5.75 Å². The molecule has 0 aliphatic heterocycles. The summed E-state index contributed by atoms with van der Waals surface area (Å²) in [6, 6.07) is 15.6. The Labute approximate surface area is 101 Å². The summed E-state index contributed by atoms with van der Waals surface area (Å²) >= 11 is 0. The van der Waals surface area contributed by atoms with Gasteiger partial charge in [0.2, 0.25) is 0 Å². The first-order valence-corrected chi connectivity index (χ1v) is 5.39. The Morgan fingerprint density at radius 3 is 1.94 bits per heavy atom. The molecule has 0 radical (unpaired) electrons. The highest BCUT2D eigenvalue weighted by atomic mass is 16.5. The zero-order valence-electron chi connectivity index (χ0n) is 9.71. The van der Waals surface area contributed by atoms with E-state index in [1.165, 1.54) is 0 Å². The van der Waals surface area contributed by atoms with Crippen molar-refractivity contribution in [1.29, 1.82) is 0 Å². The van der Waals surface area contributed by atoms with Gasteiger partial charge in [0.15, 0.2) is 11.5 Å². The van der Waals surface area contributed by atoms with Crippen LogP contribution in [-0.2, 0) is 0 Å². The summed E-state index contributed by atoms with van der Waals surface area (Å²) in [5, 5.41) is 17.7. The van der Waals surface area contributed by atoms with Crippen molar-refractivity contribution in [3.63, 3.8) is 0 Å². The van der Waals surface area contributed by atoms with E-state index in [4.69, 9.17) is 14.9 Å². The van der Waals surface area contributed by atoms with Gasteiger partial charge in [-0.3, -0.25) is 0 Å². The number of hydrogen-bond donors (Lipinski definition) is 2. The molecule has 2 rings (SSSR count). The second kappa shape index (κ2) is 7.17. The molecule has 0 saturated carbocycles. The van der Waals surface area contributed by atoms with Crippen LogP contribution < -0.4 is 4.74 Å². The van der Waals surface area contributed by atoms with Gasteiger partial charge in [-0.05, 0) is 31.2 Å². The van der Waals surface area contributed by atoms with Crippen LogP contribution in [0.5, 0.6) is 17.2 Å². The van der Waals surface area contributed by atoms with Crippen molar-refractivity contribution in [2.24, 2.45) is 0 Å². The average molecular weight is 232 g/mol. The lowest BCUT2D eigenvalue weighted by Crippen LogP contribution is -1.90. The molecule has 0 aromatic heterocycles. The number of aromatic hydroxyl groups is 2. The van der Waals surface area contributed by atoms with Gasteiger partial charge < -0.3 is 14.9 Å². The summed E-state index contributed by atoms with van der Waals surface area (Å²) in [7, 11) is 0. The van der Waals surface area contributed by atoms with Gasteiger partial charge in [0, 0.05) is 0 Å². The molecule has 0 aliphatic carbocycles. The molecule has 0 heterocycles. The van der Waals surface area contributed by atoms with E-state index >= 15 is 0 Å². The lowest BCUT2D eigenvalue weighted by molar-refractivity contribution is 0.318. The first-order chi connectivity index (χ1) is 8.24. The van der Waals surface area contributed by atoms with Gasteiger partial charge in [0.25, 0.3) is 0 Å². The van der Waals surface area contributed by atoms with Gasteiger partial charge in [0.05, 0.1) is 6.61 Å². The fraction of sp³-hybridized carbons (Fsp3) is 0.143. The molecule has 0 spiro atoms. The highest BCUT2D eigenvalue weighted by Gasteiger charge is 1.96. The second-order valence-electron chi connectivity index (χ2n) is 3.24. The Hall–Kier alpha value is -2.16. The third-order valence-electron chi connectivity index (χ3n) is 1.92. The predicted octanol–water partition coefficient (Wildman–Crippen LogP) is 3.18. The molecule has 0 unspecified atom stereocenters. The molecular weight excluding hydrogens is 216 g/mol. The Morgan fingerprint density at radius 1 is 0.882 bits per heavy atom. The number of benzene rings is 2. The van der Waals surface area contributed by atoms with Crippen molar-refractivity contribution in [2.75, 3.05) is 6.61 Å². The molecular formula is C14H16O3. The first-order valence-electron chi connectivity index (χ1n) is 5.39. The van der Waals surface area contributed by atoms with Crippen LogP contribution >= 0.6 is 0 Å². The predicted molar refractivity (Wildman–Crippen MR) is 67.4 cm³/mol. The second-order valence-corrected chi connectivity index (χ2v) is 3.24. The van der Waals surface area contributed by atoms with Crippen LogP contribution in [0.2, 0.25) is 0 Å². The molecule has 3 nitrogen and oxygen atoms in total. The van der Waals surface area contributed by atoms with E-state index in [9.17, 15) is 0 Å². The van der Waals surface area contributed by atoms with Gasteiger partial charge in [-0.2, -0.15) is 0 Å². The van der Waals surface area contributed by atoms with Crippen LogP contribution in [0.15, 0.2) is 54.6 Å². The minimum absolute atomic E-state index is 0.198. The monoisotopic (exact) mass is 232 g/mol. The van der Waals surface area contributed by atoms with Crippen molar-refractivity contribution >= 4 is 0 Å². The summed E-state index contributed by atoms with van der Waals surface area (Å²) < 4.78 is 5.09. The lowest BCUT2D eigenvalue weighted by atomic mass is 10.3. The van der Waals surface area contributed by atoms with Crippen molar-refractivity contribution in [2.45, 2.75) is 6.92 Å². The first kappa shape index (κ1) is 12.9. The Balaban J connectivity index is 0.000000181. The van der Waals surface area contributed by atoms with Crippen molar-refractivity contribution < 1.29 is 14.9 Å². The highest BCUT2D eigenvalue weighted by Crippen LogP contribution is 2.23. The average Bonchev–Trinajstić information content (AvgIpc) is 2.34. The van der Waals surface area contributed by atoms with Crippen LogP contribution in [0.4, 0.5) is 0 Å². The summed E-state index contributed by atoms with van der Waals surface area (Å²) in [4.78, 5) is 0. The Bertz CT molecular complexity index is 426. The Morgan fingerprint density at radius 2 is 1.47 bits per heavy atom. The lowest BCUT2D eigenvalue weighted by Gasteiger charge is -2.02. The van der Waals surface area contributed by atoms with Gasteiger partial charge >= 0.3 is 0 Å². The van der Waals surface area contributed by atoms with Crippen LogP contribution in [-0.4, -0.2) is 16.8 Å². The largest absolute Gasteiger partial charge is 0.508 e. The highest BCUT2D eigenvalue weighted by molar-refractivity contribution is 5.37. The number of phenols is 2. The van der Waals surface area contributed by atoms with E-state index in [0.717, 1.165) is 0 Å². The van der Waals surface area contributed by atoms with E-state index in [-0.39, 0.29) is 5.75 Å². The molecule has 3 heteroatoms. The standard InChI is InChI=1S/C8H10O2.C6H6O/c1-2-10-8-6-4-3-5-7(8)9;7-6-4-2-1-3-5-6/h3-6,9H,2H2,1H3;1-5,7H. The van der Waals surface area contributed by atoms with E-state index in [0.29, 0.717) is 18.1 Å². The minimum Gasteiger partial charge on any atom is -0.508 e. The van der Waals surface area contributed by atoms with Gasteiger partial charge in [-0.25, -0.2) is 0 Å². The molecule has 2 aromatic rings. The molecule has 0 amide bonds. The molecule has 0 atom stereocenters. The molecule has 2 N–H and O–H groups in total. The number of hydrogen-bond acceptors (Lipinski definition) is 3. The zero-order chi connectivity index (χ0) is 12.5. The summed E-state index contributed by atoms with van der Waals surface area (Å²) in [5.41, 5.74) is 0. The van der Waals surface area contributed by atoms with Crippen LogP contribution in [0, 0.1) is 0 Å². The molecule has 0 saturated heterocycles. The van der Waals surface area contributed by atoms with Crippen molar-refractivity contribution in [1.82, 2.24) is 0 Å². The fourth-order valence-electron chi connectivity index (χ4n) is 1.16. The minimum atomic E-state index is 0.198. The maximum atomic E-state index is 9.12. The number of rotatable bonds is 2. The van der Waals surface area contributed by atoms with Crippen molar-refractivity contribution in [3.8, 4) is 17.2 Å². The molecule has 0 fully saturated rings. The van der Waals surface area contributed by atoms with E-state index in [1.54, 1.807) is 42.5 Å². The smallest absolute Gasteiger partial charge is 0.160 e. The van der Waals surface area contributed by atoms with E-state index < -0.39 is 0 Å². The maximum absolute atomic E-state index is 9.12. The molecule has 0 bridgehead atoms. The van der Waals surface area contributed by atoms with Crippen LogP contribution in [0.1, 0.15) is 6.92 Å². The van der Waals surface area contributed by atoms with Crippen molar-refractivity contribution in [3.05, 3.63) is 54.6 Å². The topological polar surface area (TPSA) is 49.7 Å². The number of para-hydroxylation sites is 3. The van der Waals surface area contributed by atoms with E-state index in [2.05, 4.69) is 0 Å². The molecule has 17 heavy (non-hydrogen) atoms. The maximum Gasteiger partial charge on any atom is 0.160 e. The number of phenolic OH excluding ortho intramolecular Hbond substituents is 2. The van der Waals surface area contributed by atoms with Gasteiger partial charge in [-0.1, -0.05) is 30.3 Å². The quantitative estimate of drug-likeness (QED) is 0.836. The summed E-state index contributed by atoms with van der Waals surface area (Å²) in [5.74, 6) is 1.07. The fourth-order valence-corrected chi connectivity index (χ4v) is 1.16. The normalized spacial score (nSPS) is 9.00. The zero-order valence-corrected chi connectivity index (χ0v) is 9.71. The summed E-state index contributed by atoms with van der Waals surface area (Å²) in [6.07, 6.45) is 0. The third kappa shape index (κ3) is 4.93. The Kier molecular flexibility index (Phi) is 5.44. The SMILES string of the molecule is CCOc1ccccc1O.Oc1ccccc1. The van der Waals surface area contributed by atoms with E-state index in [1.807, 2.05) is 19.1 Å². The molecule has 90 valence electrons. The van der Waals surface area contributed by atoms with Crippen LogP contribution in [0.3, 0.4) is 0 Å². The van der Waals surface area contributed by atoms with Gasteiger partial charge in [-0.15, -0.1) is 0 Å².